The number of para-hydroxylation sites is 3. The first kappa shape index (κ1) is 24.5. The quantitative estimate of drug-likeness (QED) is 0.246. The number of hydrogen-bond donors (Lipinski definition) is 2. The Bertz CT molecular complexity index is 2130. The first-order valence-corrected chi connectivity index (χ1v) is 13.2. The SMILES string of the molecule is O=C(Nc1ccc2ccccc2c1)C(c1ccccc1F)n1c(=O)c(-c2cc3ccccc3[nH]2)nc2ccccc21. The number of halogens is 1. The van der Waals surface area contributed by atoms with Crippen LogP contribution in [0.2, 0.25) is 0 Å². The van der Waals surface area contributed by atoms with Crippen molar-refractivity contribution in [3.8, 4) is 11.4 Å². The molecular weight excluding hydrogens is 515 g/mol. The fraction of sp³-hybridized carbons (Fsp3) is 0.0294. The van der Waals surface area contributed by atoms with Gasteiger partial charge in [0.25, 0.3) is 11.5 Å². The Labute approximate surface area is 233 Å². The zero-order valence-electron chi connectivity index (χ0n) is 21.7. The van der Waals surface area contributed by atoms with Crippen molar-refractivity contribution >= 4 is 44.3 Å². The maximum Gasteiger partial charge on any atom is 0.280 e. The fourth-order valence-electron chi connectivity index (χ4n) is 5.36. The number of aromatic amines is 1. The van der Waals surface area contributed by atoms with Gasteiger partial charge in [-0.25, -0.2) is 9.37 Å². The fourth-order valence-corrected chi connectivity index (χ4v) is 5.36. The van der Waals surface area contributed by atoms with E-state index in [1.54, 1.807) is 36.4 Å². The van der Waals surface area contributed by atoms with Crippen molar-refractivity contribution in [2.45, 2.75) is 6.04 Å². The molecule has 0 aliphatic rings. The number of anilines is 1. The van der Waals surface area contributed by atoms with Crippen LogP contribution in [0.25, 0.3) is 44.1 Å². The molecule has 2 N–H and O–H groups in total. The van der Waals surface area contributed by atoms with Crippen LogP contribution in [0.3, 0.4) is 0 Å². The number of nitrogens with one attached hydrogen (secondary N) is 2. The van der Waals surface area contributed by atoms with Crippen LogP contribution in [0.1, 0.15) is 11.6 Å². The van der Waals surface area contributed by atoms with Gasteiger partial charge in [-0.05, 0) is 53.2 Å². The summed E-state index contributed by atoms with van der Waals surface area (Å²) in [6.45, 7) is 0. The molecule has 1 amide bonds. The number of nitrogens with zero attached hydrogens (tertiary/aromatic N) is 2. The molecule has 0 radical (unpaired) electrons. The molecule has 0 saturated heterocycles. The van der Waals surface area contributed by atoms with Crippen molar-refractivity contribution < 1.29 is 9.18 Å². The van der Waals surface area contributed by atoms with Crippen molar-refractivity contribution in [2.24, 2.45) is 0 Å². The molecule has 198 valence electrons. The number of amides is 1. The summed E-state index contributed by atoms with van der Waals surface area (Å²) in [5.41, 5.74) is 2.52. The molecule has 6 nitrogen and oxygen atoms in total. The molecule has 41 heavy (non-hydrogen) atoms. The number of hydrogen-bond acceptors (Lipinski definition) is 3. The van der Waals surface area contributed by atoms with E-state index in [9.17, 15) is 9.59 Å². The van der Waals surface area contributed by atoms with Gasteiger partial charge >= 0.3 is 0 Å². The average Bonchev–Trinajstić information content (AvgIpc) is 3.43. The minimum atomic E-state index is -1.31. The maximum atomic E-state index is 15.4. The normalized spacial score (nSPS) is 12.1. The number of benzene rings is 5. The molecule has 0 fully saturated rings. The van der Waals surface area contributed by atoms with Gasteiger partial charge in [-0.2, -0.15) is 0 Å². The summed E-state index contributed by atoms with van der Waals surface area (Å²) in [5, 5.41) is 5.83. The summed E-state index contributed by atoms with van der Waals surface area (Å²) in [4.78, 5) is 36.4. The van der Waals surface area contributed by atoms with Gasteiger partial charge in [0.2, 0.25) is 0 Å². The first-order chi connectivity index (χ1) is 20.1. The molecule has 0 spiro atoms. The van der Waals surface area contributed by atoms with Gasteiger partial charge < -0.3 is 10.3 Å². The molecule has 5 aromatic carbocycles. The lowest BCUT2D eigenvalue weighted by atomic mass is 10.0. The Balaban J connectivity index is 1.44. The molecule has 0 aliphatic carbocycles. The van der Waals surface area contributed by atoms with Crippen LogP contribution in [0.5, 0.6) is 0 Å². The molecule has 2 aromatic heterocycles. The highest BCUT2D eigenvalue weighted by molar-refractivity contribution is 5.99. The molecule has 7 rings (SSSR count). The second-order valence-electron chi connectivity index (χ2n) is 9.87. The van der Waals surface area contributed by atoms with E-state index in [1.807, 2.05) is 72.8 Å². The van der Waals surface area contributed by atoms with E-state index in [0.717, 1.165) is 21.7 Å². The molecule has 7 aromatic rings. The highest BCUT2D eigenvalue weighted by Crippen LogP contribution is 2.29. The summed E-state index contributed by atoms with van der Waals surface area (Å²) < 4.78 is 16.8. The van der Waals surface area contributed by atoms with E-state index in [4.69, 9.17) is 0 Å². The highest BCUT2D eigenvalue weighted by Gasteiger charge is 2.30. The Kier molecular flexibility index (Phi) is 5.90. The van der Waals surface area contributed by atoms with Crippen molar-refractivity contribution in [3.05, 3.63) is 143 Å². The van der Waals surface area contributed by atoms with Crippen molar-refractivity contribution in [1.29, 1.82) is 0 Å². The number of rotatable bonds is 5. The first-order valence-electron chi connectivity index (χ1n) is 13.2. The van der Waals surface area contributed by atoms with Gasteiger partial charge in [-0.1, -0.05) is 78.9 Å². The number of carbonyl (C=O) groups excluding carboxylic acids is 1. The molecule has 7 heteroatoms. The zero-order chi connectivity index (χ0) is 27.9. The van der Waals surface area contributed by atoms with Crippen molar-refractivity contribution in [1.82, 2.24) is 14.5 Å². The van der Waals surface area contributed by atoms with Gasteiger partial charge in [-0.15, -0.1) is 0 Å². The van der Waals surface area contributed by atoms with E-state index in [2.05, 4.69) is 15.3 Å². The Morgan fingerprint density at radius 3 is 2.32 bits per heavy atom. The summed E-state index contributed by atoms with van der Waals surface area (Å²) in [6.07, 6.45) is 0. The second-order valence-corrected chi connectivity index (χ2v) is 9.87. The zero-order valence-corrected chi connectivity index (χ0v) is 21.7. The van der Waals surface area contributed by atoms with Gasteiger partial charge in [0.1, 0.15) is 11.9 Å². The summed E-state index contributed by atoms with van der Waals surface area (Å²) in [6, 6.07) is 34.7. The lowest BCUT2D eigenvalue weighted by molar-refractivity contribution is -0.118. The predicted octanol–water partition coefficient (Wildman–Crippen LogP) is 7.07. The molecule has 0 bridgehead atoms. The predicted molar refractivity (Wildman–Crippen MR) is 160 cm³/mol. The lowest BCUT2D eigenvalue weighted by Gasteiger charge is -2.23. The van der Waals surface area contributed by atoms with Crippen LogP contribution in [0, 0.1) is 5.82 Å². The standard InChI is InChI=1S/C34H23FN4O2/c35-26-13-5-4-12-25(26)32(33(40)36-24-18-17-21-9-1-2-10-22(21)19-24)39-30-16-8-7-15-28(30)38-31(34(39)41)29-20-23-11-3-6-14-27(23)37-29/h1-20,32,37H,(H,36,40). The molecule has 0 aliphatic heterocycles. The van der Waals surface area contributed by atoms with E-state index < -0.39 is 23.3 Å². The smallest absolute Gasteiger partial charge is 0.280 e. The number of fused-ring (bicyclic) bond motifs is 3. The largest absolute Gasteiger partial charge is 0.353 e. The maximum absolute atomic E-state index is 15.4. The van der Waals surface area contributed by atoms with E-state index in [-0.39, 0.29) is 11.3 Å². The van der Waals surface area contributed by atoms with Crippen LogP contribution in [-0.4, -0.2) is 20.4 Å². The minimum absolute atomic E-state index is 0.0758. The third-order valence-electron chi connectivity index (χ3n) is 7.30. The third kappa shape index (κ3) is 4.33. The third-order valence-corrected chi connectivity index (χ3v) is 7.30. The van der Waals surface area contributed by atoms with Crippen molar-refractivity contribution in [3.63, 3.8) is 0 Å². The molecule has 2 heterocycles. The lowest BCUT2D eigenvalue weighted by Crippen LogP contribution is -2.36. The Hall–Kier alpha value is -5.56. The molecule has 1 unspecified atom stereocenters. The van der Waals surface area contributed by atoms with Gasteiger partial charge in [0, 0.05) is 22.2 Å². The van der Waals surface area contributed by atoms with Crippen LogP contribution in [-0.2, 0) is 4.79 Å². The van der Waals surface area contributed by atoms with E-state index >= 15 is 4.39 Å². The summed E-state index contributed by atoms with van der Waals surface area (Å²) in [7, 11) is 0. The van der Waals surface area contributed by atoms with E-state index in [0.29, 0.717) is 22.4 Å². The molecule has 1 atom stereocenters. The van der Waals surface area contributed by atoms with Gasteiger partial charge in [-0.3, -0.25) is 14.2 Å². The van der Waals surface area contributed by atoms with E-state index in [1.165, 1.54) is 16.7 Å². The van der Waals surface area contributed by atoms with Crippen LogP contribution < -0.4 is 10.9 Å². The Morgan fingerprint density at radius 2 is 1.49 bits per heavy atom. The number of carbonyl (C=O) groups is 1. The van der Waals surface area contributed by atoms with Crippen LogP contribution >= 0.6 is 0 Å². The second kappa shape index (κ2) is 9.88. The molecule has 0 saturated carbocycles. The van der Waals surface area contributed by atoms with Gasteiger partial charge in [0.05, 0.1) is 16.7 Å². The monoisotopic (exact) mass is 538 g/mol. The van der Waals surface area contributed by atoms with Crippen molar-refractivity contribution in [2.75, 3.05) is 5.32 Å². The summed E-state index contributed by atoms with van der Waals surface area (Å²) in [5.74, 6) is -1.14. The Morgan fingerprint density at radius 1 is 0.780 bits per heavy atom. The van der Waals surface area contributed by atoms with Gasteiger partial charge in [0.15, 0.2) is 5.69 Å². The topological polar surface area (TPSA) is 79.8 Å². The average molecular weight is 539 g/mol. The summed E-state index contributed by atoms with van der Waals surface area (Å²) >= 11 is 0. The minimum Gasteiger partial charge on any atom is -0.353 e. The van der Waals surface area contributed by atoms with Crippen LogP contribution in [0.15, 0.2) is 126 Å². The van der Waals surface area contributed by atoms with Crippen LogP contribution in [0.4, 0.5) is 10.1 Å². The number of H-pyrrole nitrogens is 1. The number of aromatic nitrogens is 3. The molecular formula is C34H23FN4O2. The highest BCUT2D eigenvalue weighted by atomic mass is 19.1.